The Morgan fingerprint density at radius 2 is 2.06 bits per heavy atom. The Morgan fingerprint density at radius 3 is 2.50 bits per heavy atom. The Hall–Kier alpha value is -1.36. The van der Waals surface area contributed by atoms with Gasteiger partial charge >= 0.3 is 5.97 Å². The zero-order valence-corrected chi connectivity index (χ0v) is 11.6. The molecule has 0 bridgehead atoms. The van der Waals surface area contributed by atoms with Crippen molar-refractivity contribution in [3.8, 4) is 0 Å². The molecule has 1 fully saturated rings. The third-order valence-electron chi connectivity index (χ3n) is 3.49. The molecular formula is C13H17NO3S. The van der Waals surface area contributed by atoms with Crippen molar-refractivity contribution in [2.24, 2.45) is 11.8 Å². The van der Waals surface area contributed by atoms with Crippen molar-refractivity contribution >= 4 is 23.2 Å². The number of aryl methyl sites for hydroxylation is 2. The summed E-state index contributed by atoms with van der Waals surface area (Å²) >= 11 is 1.60. The summed E-state index contributed by atoms with van der Waals surface area (Å²) in [5.74, 6) is -1.26. The minimum atomic E-state index is -0.809. The summed E-state index contributed by atoms with van der Waals surface area (Å²) in [6.45, 7) is 6.64. The second kappa shape index (κ2) is 4.72. The highest BCUT2D eigenvalue weighted by Crippen LogP contribution is 2.27. The standard InChI is InChI=1S/C13H17NO3S/c1-7-5-14(6-11(7)13(16)17)12(15)10-4-8(2)18-9(10)3/h4,7,11H,5-6H2,1-3H3,(H,16,17). The maximum Gasteiger partial charge on any atom is 0.308 e. The minimum Gasteiger partial charge on any atom is -0.481 e. The number of amides is 1. The molecule has 18 heavy (non-hydrogen) atoms. The lowest BCUT2D eigenvalue weighted by Gasteiger charge is -2.15. The molecule has 1 N–H and O–H groups in total. The van der Waals surface area contributed by atoms with Crippen LogP contribution >= 0.6 is 11.3 Å². The van der Waals surface area contributed by atoms with Crippen LogP contribution in [0.25, 0.3) is 0 Å². The lowest BCUT2D eigenvalue weighted by molar-refractivity contribution is -0.142. The molecule has 0 aromatic carbocycles. The molecule has 2 unspecified atom stereocenters. The van der Waals surface area contributed by atoms with Crippen LogP contribution in [0.2, 0.25) is 0 Å². The number of likely N-dealkylation sites (tertiary alicyclic amines) is 1. The number of hydrogen-bond acceptors (Lipinski definition) is 3. The molecule has 98 valence electrons. The molecule has 0 aliphatic carbocycles. The van der Waals surface area contributed by atoms with Gasteiger partial charge < -0.3 is 10.0 Å². The monoisotopic (exact) mass is 267 g/mol. The molecule has 1 aromatic rings. The molecule has 0 radical (unpaired) electrons. The Labute approximate surface area is 110 Å². The van der Waals surface area contributed by atoms with Crippen molar-refractivity contribution in [1.29, 1.82) is 0 Å². The van der Waals surface area contributed by atoms with Crippen molar-refractivity contribution in [3.63, 3.8) is 0 Å². The highest BCUT2D eigenvalue weighted by molar-refractivity contribution is 7.12. The predicted molar refractivity (Wildman–Crippen MR) is 70.0 cm³/mol. The van der Waals surface area contributed by atoms with Gasteiger partial charge in [-0.2, -0.15) is 0 Å². The maximum absolute atomic E-state index is 12.3. The molecule has 1 aliphatic rings. The average Bonchev–Trinajstić information content (AvgIpc) is 2.81. The Balaban J connectivity index is 2.17. The number of rotatable bonds is 2. The predicted octanol–water partition coefficient (Wildman–Crippen LogP) is 2.16. The number of carboxylic acids is 1. The SMILES string of the molecule is Cc1cc(C(=O)N2CC(C)C(C(=O)O)C2)c(C)s1. The number of carboxylic acid groups (broad SMARTS) is 1. The van der Waals surface area contributed by atoms with Crippen LogP contribution < -0.4 is 0 Å². The summed E-state index contributed by atoms with van der Waals surface area (Å²) in [5.41, 5.74) is 0.718. The highest BCUT2D eigenvalue weighted by atomic mass is 32.1. The van der Waals surface area contributed by atoms with Crippen molar-refractivity contribution in [3.05, 3.63) is 21.4 Å². The number of carbonyl (C=O) groups is 2. The normalized spacial score (nSPS) is 23.4. The fraction of sp³-hybridized carbons (Fsp3) is 0.538. The van der Waals surface area contributed by atoms with Crippen LogP contribution in [-0.4, -0.2) is 35.0 Å². The van der Waals surface area contributed by atoms with Crippen LogP contribution in [0.15, 0.2) is 6.07 Å². The third-order valence-corrected chi connectivity index (χ3v) is 4.45. The zero-order valence-electron chi connectivity index (χ0n) is 10.8. The van der Waals surface area contributed by atoms with Gasteiger partial charge in [0.25, 0.3) is 5.91 Å². The van der Waals surface area contributed by atoms with E-state index in [9.17, 15) is 9.59 Å². The van der Waals surface area contributed by atoms with Gasteiger partial charge in [-0.1, -0.05) is 6.92 Å². The van der Waals surface area contributed by atoms with Crippen molar-refractivity contribution < 1.29 is 14.7 Å². The van der Waals surface area contributed by atoms with Gasteiger partial charge in [0.05, 0.1) is 11.5 Å². The fourth-order valence-electron chi connectivity index (χ4n) is 2.47. The lowest BCUT2D eigenvalue weighted by Crippen LogP contribution is -2.30. The first-order chi connectivity index (χ1) is 8.40. The van der Waals surface area contributed by atoms with Gasteiger partial charge in [-0.05, 0) is 25.8 Å². The van der Waals surface area contributed by atoms with Gasteiger partial charge in [-0.3, -0.25) is 9.59 Å². The number of nitrogens with zero attached hydrogens (tertiary/aromatic N) is 1. The number of aliphatic carboxylic acids is 1. The third kappa shape index (κ3) is 2.27. The molecule has 1 amide bonds. The summed E-state index contributed by atoms with van der Waals surface area (Å²) in [4.78, 5) is 27.2. The Kier molecular flexibility index (Phi) is 3.43. The summed E-state index contributed by atoms with van der Waals surface area (Å²) < 4.78 is 0. The molecule has 4 nitrogen and oxygen atoms in total. The molecule has 0 saturated carbocycles. The number of thiophene rings is 1. The van der Waals surface area contributed by atoms with E-state index in [4.69, 9.17) is 5.11 Å². The van der Waals surface area contributed by atoms with Crippen LogP contribution in [-0.2, 0) is 4.79 Å². The average molecular weight is 267 g/mol. The molecule has 1 aliphatic heterocycles. The van der Waals surface area contributed by atoms with E-state index in [1.165, 1.54) is 0 Å². The highest BCUT2D eigenvalue weighted by Gasteiger charge is 2.37. The van der Waals surface area contributed by atoms with E-state index >= 15 is 0 Å². The molecule has 2 atom stereocenters. The molecule has 5 heteroatoms. The molecule has 1 aromatic heterocycles. The van der Waals surface area contributed by atoms with E-state index in [0.29, 0.717) is 13.1 Å². The van der Waals surface area contributed by atoms with E-state index in [-0.39, 0.29) is 11.8 Å². The molecular weight excluding hydrogens is 250 g/mol. The summed E-state index contributed by atoms with van der Waals surface area (Å²) in [5, 5.41) is 9.08. The van der Waals surface area contributed by atoms with Gasteiger partial charge in [-0.15, -0.1) is 11.3 Å². The topological polar surface area (TPSA) is 57.6 Å². The first-order valence-electron chi connectivity index (χ1n) is 5.99. The van der Waals surface area contributed by atoms with E-state index in [1.54, 1.807) is 16.2 Å². The second-order valence-electron chi connectivity index (χ2n) is 4.96. The second-order valence-corrected chi connectivity index (χ2v) is 6.42. The first kappa shape index (κ1) is 13.1. The van der Waals surface area contributed by atoms with Crippen molar-refractivity contribution in [2.45, 2.75) is 20.8 Å². The quantitative estimate of drug-likeness (QED) is 0.893. The minimum absolute atomic E-state index is 0.0199. The largest absolute Gasteiger partial charge is 0.481 e. The van der Waals surface area contributed by atoms with Crippen LogP contribution in [0, 0.1) is 25.7 Å². The van der Waals surface area contributed by atoms with Crippen LogP contribution in [0.5, 0.6) is 0 Å². The summed E-state index contributed by atoms with van der Waals surface area (Å²) in [6.07, 6.45) is 0. The fourth-order valence-corrected chi connectivity index (χ4v) is 3.38. The lowest BCUT2D eigenvalue weighted by atomic mass is 9.99. The molecule has 2 rings (SSSR count). The Morgan fingerprint density at radius 1 is 1.39 bits per heavy atom. The van der Waals surface area contributed by atoms with Gasteiger partial charge in [0, 0.05) is 22.8 Å². The molecule has 2 heterocycles. The van der Waals surface area contributed by atoms with Gasteiger partial charge in [0.2, 0.25) is 0 Å². The van der Waals surface area contributed by atoms with Gasteiger partial charge in [0.1, 0.15) is 0 Å². The van der Waals surface area contributed by atoms with Gasteiger partial charge in [-0.25, -0.2) is 0 Å². The van der Waals surface area contributed by atoms with E-state index in [1.807, 2.05) is 26.8 Å². The van der Waals surface area contributed by atoms with E-state index in [2.05, 4.69) is 0 Å². The molecule has 1 saturated heterocycles. The van der Waals surface area contributed by atoms with E-state index in [0.717, 1.165) is 15.3 Å². The zero-order chi connectivity index (χ0) is 13.4. The number of hydrogen-bond donors (Lipinski definition) is 1. The van der Waals surface area contributed by atoms with Crippen LogP contribution in [0.1, 0.15) is 27.0 Å². The maximum atomic E-state index is 12.3. The van der Waals surface area contributed by atoms with Gasteiger partial charge in [0.15, 0.2) is 0 Å². The molecule has 0 spiro atoms. The number of carbonyl (C=O) groups excluding carboxylic acids is 1. The van der Waals surface area contributed by atoms with E-state index < -0.39 is 11.9 Å². The van der Waals surface area contributed by atoms with Crippen molar-refractivity contribution in [2.75, 3.05) is 13.1 Å². The smallest absolute Gasteiger partial charge is 0.308 e. The summed E-state index contributed by atoms with van der Waals surface area (Å²) in [7, 11) is 0. The first-order valence-corrected chi connectivity index (χ1v) is 6.81. The Bertz CT molecular complexity index is 494. The van der Waals surface area contributed by atoms with Crippen LogP contribution in [0.4, 0.5) is 0 Å². The summed E-state index contributed by atoms with van der Waals surface area (Å²) in [6, 6.07) is 1.89. The van der Waals surface area contributed by atoms with Crippen molar-refractivity contribution in [1.82, 2.24) is 4.90 Å². The van der Waals surface area contributed by atoms with Crippen LogP contribution in [0.3, 0.4) is 0 Å².